The third kappa shape index (κ3) is 2.96. The molecule has 1 heterocycles. The van der Waals surface area contributed by atoms with Gasteiger partial charge in [-0.3, -0.25) is 4.79 Å². The molecule has 0 saturated heterocycles. The van der Waals surface area contributed by atoms with E-state index in [4.69, 9.17) is 9.84 Å². The number of nitrogens with one attached hydrogen (secondary N) is 1. The summed E-state index contributed by atoms with van der Waals surface area (Å²) in [5.41, 5.74) is 0. The Hall–Kier alpha value is -1.56. The lowest BCUT2D eigenvalue weighted by atomic mass is 10.4. The zero-order valence-corrected chi connectivity index (χ0v) is 9.25. The summed E-state index contributed by atoms with van der Waals surface area (Å²) in [5.74, 6) is -0.721. The zero-order chi connectivity index (χ0) is 11.5. The Balaban J connectivity index is 1.79. The Labute approximate surface area is 96.0 Å². The van der Waals surface area contributed by atoms with E-state index in [-0.39, 0.29) is 17.4 Å². The van der Waals surface area contributed by atoms with Crippen LogP contribution >= 0.6 is 11.3 Å². The van der Waals surface area contributed by atoms with Crippen molar-refractivity contribution in [3.63, 3.8) is 0 Å². The molecule has 6 heteroatoms. The van der Waals surface area contributed by atoms with Crippen LogP contribution in [0.15, 0.2) is 11.4 Å². The van der Waals surface area contributed by atoms with E-state index in [1.807, 2.05) is 0 Å². The summed E-state index contributed by atoms with van der Waals surface area (Å²) < 4.78 is 5.16. The van der Waals surface area contributed by atoms with Gasteiger partial charge in [0.05, 0.1) is 0 Å². The first kappa shape index (κ1) is 10.9. The number of carbonyl (C=O) groups is 2. The van der Waals surface area contributed by atoms with E-state index in [2.05, 4.69) is 5.32 Å². The van der Waals surface area contributed by atoms with Crippen molar-refractivity contribution in [1.29, 1.82) is 0 Å². The highest BCUT2D eigenvalue weighted by Crippen LogP contribution is 2.21. The molecule has 1 amide bonds. The van der Waals surface area contributed by atoms with Gasteiger partial charge in [0.25, 0.3) is 5.91 Å². The number of carboxylic acid groups (broad SMARTS) is 1. The molecule has 1 aliphatic carbocycles. The third-order valence-corrected chi connectivity index (χ3v) is 3.00. The predicted molar refractivity (Wildman–Crippen MR) is 57.9 cm³/mol. The van der Waals surface area contributed by atoms with Gasteiger partial charge in [0.2, 0.25) is 0 Å². The molecule has 1 fully saturated rings. The molecule has 0 bridgehead atoms. The van der Waals surface area contributed by atoms with Crippen molar-refractivity contribution in [2.75, 3.05) is 6.61 Å². The molecular formula is C10H11NO4S. The quantitative estimate of drug-likeness (QED) is 0.809. The number of ether oxygens (including phenoxy) is 1. The fraction of sp³-hybridized carbons (Fsp3) is 0.400. The number of hydrogen-bond donors (Lipinski definition) is 2. The van der Waals surface area contributed by atoms with Gasteiger partial charge in [-0.1, -0.05) is 0 Å². The normalized spacial score (nSPS) is 14.5. The van der Waals surface area contributed by atoms with Crippen LogP contribution in [-0.4, -0.2) is 29.6 Å². The zero-order valence-electron chi connectivity index (χ0n) is 8.43. The molecule has 16 heavy (non-hydrogen) atoms. The highest BCUT2D eigenvalue weighted by Gasteiger charge is 2.23. The SMILES string of the molecule is O=C(COc1csc(C(=O)O)c1)NC1CC1. The van der Waals surface area contributed by atoms with Crippen LogP contribution in [0.25, 0.3) is 0 Å². The fourth-order valence-electron chi connectivity index (χ4n) is 1.15. The summed E-state index contributed by atoms with van der Waals surface area (Å²) in [6.07, 6.45) is 2.07. The standard InChI is InChI=1S/C10H11NO4S/c12-9(11-6-1-2-6)4-15-7-3-8(10(13)14)16-5-7/h3,5-6H,1-2,4H2,(H,11,12)(H,13,14). The second kappa shape index (κ2) is 4.52. The molecule has 1 saturated carbocycles. The number of aromatic carboxylic acids is 1. The summed E-state index contributed by atoms with van der Waals surface area (Å²) >= 11 is 1.08. The molecule has 5 nitrogen and oxygen atoms in total. The topological polar surface area (TPSA) is 75.6 Å². The molecule has 0 aliphatic heterocycles. The number of amides is 1. The Morgan fingerprint density at radius 2 is 2.31 bits per heavy atom. The predicted octanol–water partition coefficient (Wildman–Crippen LogP) is 1.10. The average Bonchev–Trinajstić information content (AvgIpc) is 2.91. The molecule has 1 aromatic rings. The van der Waals surface area contributed by atoms with Crippen LogP contribution in [-0.2, 0) is 4.79 Å². The molecule has 2 N–H and O–H groups in total. The van der Waals surface area contributed by atoms with Crippen LogP contribution in [0, 0.1) is 0 Å². The van der Waals surface area contributed by atoms with Crippen molar-refractivity contribution in [2.45, 2.75) is 18.9 Å². The van der Waals surface area contributed by atoms with Crippen LogP contribution in [0.3, 0.4) is 0 Å². The van der Waals surface area contributed by atoms with Crippen LogP contribution < -0.4 is 10.1 Å². The number of rotatable bonds is 5. The smallest absolute Gasteiger partial charge is 0.346 e. The lowest BCUT2D eigenvalue weighted by molar-refractivity contribution is -0.123. The van der Waals surface area contributed by atoms with Crippen molar-refractivity contribution < 1.29 is 19.4 Å². The summed E-state index contributed by atoms with van der Waals surface area (Å²) in [6.45, 7) is -0.0632. The Kier molecular flexibility index (Phi) is 3.09. The van der Waals surface area contributed by atoms with Gasteiger partial charge in [-0.2, -0.15) is 0 Å². The highest BCUT2D eigenvalue weighted by molar-refractivity contribution is 7.12. The maximum Gasteiger partial charge on any atom is 0.346 e. The monoisotopic (exact) mass is 241 g/mol. The van der Waals surface area contributed by atoms with Gasteiger partial charge >= 0.3 is 5.97 Å². The van der Waals surface area contributed by atoms with E-state index in [1.54, 1.807) is 5.38 Å². The minimum Gasteiger partial charge on any atom is -0.483 e. The number of thiophene rings is 1. The van der Waals surface area contributed by atoms with Crippen molar-refractivity contribution in [1.82, 2.24) is 5.32 Å². The van der Waals surface area contributed by atoms with Crippen molar-refractivity contribution >= 4 is 23.2 Å². The van der Waals surface area contributed by atoms with Gasteiger partial charge in [-0.25, -0.2) is 4.79 Å². The Bertz CT molecular complexity index is 411. The average molecular weight is 241 g/mol. The van der Waals surface area contributed by atoms with E-state index in [9.17, 15) is 9.59 Å². The van der Waals surface area contributed by atoms with Gasteiger partial charge in [-0.05, 0) is 12.8 Å². The van der Waals surface area contributed by atoms with Crippen molar-refractivity contribution in [3.8, 4) is 5.75 Å². The summed E-state index contributed by atoms with van der Waals surface area (Å²) in [4.78, 5) is 22.0. The largest absolute Gasteiger partial charge is 0.483 e. The maximum absolute atomic E-state index is 11.3. The van der Waals surface area contributed by atoms with Crippen LogP contribution in [0.2, 0.25) is 0 Å². The molecule has 1 aliphatic rings. The van der Waals surface area contributed by atoms with Gasteiger partial charge < -0.3 is 15.2 Å². The molecule has 0 radical (unpaired) electrons. The second-order valence-electron chi connectivity index (χ2n) is 3.58. The lowest BCUT2D eigenvalue weighted by Gasteiger charge is -2.03. The first-order valence-corrected chi connectivity index (χ1v) is 5.77. The van der Waals surface area contributed by atoms with Gasteiger partial charge in [0, 0.05) is 17.5 Å². The molecule has 0 spiro atoms. The summed E-state index contributed by atoms with van der Waals surface area (Å²) in [6, 6.07) is 1.73. The van der Waals surface area contributed by atoms with E-state index in [0.717, 1.165) is 24.2 Å². The highest BCUT2D eigenvalue weighted by atomic mass is 32.1. The van der Waals surface area contributed by atoms with Crippen LogP contribution in [0.5, 0.6) is 5.75 Å². The van der Waals surface area contributed by atoms with Crippen LogP contribution in [0.4, 0.5) is 0 Å². The van der Waals surface area contributed by atoms with E-state index < -0.39 is 5.97 Å². The summed E-state index contributed by atoms with van der Waals surface area (Å²) in [5, 5.41) is 13.0. The van der Waals surface area contributed by atoms with Gasteiger partial charge in [0.15, 0.2) is 6.61 Å². The van der Waals surface area contributed by atoms with E-state index in [1.165, 1.54) is 6.07 Å². The minimum absolute atomic E-state index is 0.0632. The van der Waals surface area contributed by atoms with Crippen LogP contribution in [0.1, 0.15) is 22.5 Å². The summed E-state index contributed by atoms with van der Waals surface area (Å²) in [7, 11) is 0. The number of hydrogen-bond acceptors (Lipinski definition) is 4. The Morgan fingerprint density at radius 3 is 2.88 bits per heavy atom. The van der Waals surface area contributed by atoms with Gasteiger partial charge in [-0.15, -0.1) is 11.3 Å². The molecule has 0 atom stereocenters. The van der Waals surface area contributed by atoms with Crippen molar-refractivity contribution in [2.24, 2.45) is 0 Å². The number of carboxylic acids is 1. The molecule has 86 valence electrons. The molecule has 0 aromatic carbocycles. The lowest BCUT2D eigenvalue weighted by Crippen LogP contribution is -2.30. The third-order valence-electron chi connectivity index (χ3n) is 2.10. The first-order valence-electron chi connectivity index (χ1n) is 4.89. The van der Waals surface area contributed by atoms with Crippen molar-refractivity contribution in [3.05, 3.63) is 16.3 Å². The molecule has 0 unspecified atom stereocenters. The first-order chi connectivity index (χ1) is 7.65. The molecule has 2 rings (SSSR count). The molecular weight excluding hydrogens is 230 g/mol. The maximum atomic E-state index is 11.3. The Morgan fingerprint density at radius 1 is 1.56 bits per heavy atom. The molecule has 1 aromatic heterocycles. The minimum atomic E-state index is -0.984. The second-order valence-corrected chi connectivity index (χ2v) is 4.49. The van der Waals surface area contributed by atoms with E-state index in [0.29, 0.717) is 11.8 Å². The van der Waals surface area contributed by atoms with Gasteiger partial charge in [0.1, 0.15) is 10.6 Å². The number of carbonyl (C=O) groups excluding carboxylic acids is 1. The van der Waals surface area contributed by atoms with E-state index >= 15 is 0 Å². The fourth-order valence-corrected chi connectivity index (χ4v) is 1.82.